The highest BCUT2D eigenvalue weighted by Crippen LogP contribution is 2.38. The molecule has 0 saturated carbocycles. The van der Waals surface area contributed by atoms with Gasteiger partial charge in [-0.1, -0.05) is 18.2 Å². The number of benzene rings is 1. The van der Waals surface area contributed by atoms with Crippen LogP contribution in [0.3, 0.4) is 0 Å². The first kappa shape index (κ1) is 24.1. The average molecular weight is 477 g/mol. The third-order valence-corrected chi connectivity index (χ3v) is 7.11. The fourth-order valence-electron chi connectivity index (χ4n) is 3.41. The van der Waals surface area contributed by atoms with Crippen LogP contribution in [-0.2, 0) is 27.2 Å². The van der Waals surface area contributed by atoms with Gasteiger partial charge in [0.25, 0.3) is 0 Å². The molecular weight excluding hydrogens is 448 g/mol. The van der Waals surface area contributed by atoms with Crippen molar-refractivity contribution >= 4 is 46.1 Å². The number of hydrogen-bond acceptors (Lipinski definition) is 7. The van der Waals surface area contributed by atoms with Gasteiger partial charge in [-0.25, -0.2) is 9.59 Å². The number of carbonyl (C=O) groups excluding carboxylic acids is 3. The van der Waals surface area contributed by atoms with Crippen molar-refractivity contribution in [1.82, 2.24) is 4.90 Å². The van der Waals surface area contributed by atoms with Gasteiger partial charge in [-0.05, 0) is 50.1 Å². The van der Waals surface area contributed by atoms with E-state index in [1.54, 1.807) is 30.5 Å². The molecule has 0 spiro atoms. The summed E-state index contributed by atoms with van der Waals surface area (Å²) in [4.78, 5) is 41.0. The third-order valence-electron chi connectivity index (χ3n) is 4.88. The molecule has 0 fully saturated rings. The van der Waals surface area contributed by atoms with Gasteiger partial charge >= 0.3 is 12.1 Å². The van der Waals surface area contributed by atoms with E-state index in [9.17, 15) is 14.4 Å². The molecule has 2 amide bonds. The van der Waals surface area contributed by atoms with Crippen molar-refractivity contribution in [3.63, 3.8) is 0 Å². The Labute approximate surface area is 196 Å². The van der Waals surface area contributed by atoms with Crippen molar-refractivity contribution in [3.8, 4) is 0 Å². The van der Waals surface area contributed by atoms with Crippen LogP contribution < -0.4 is 5.32 Å². The van der Waals surface area contributed by atoms with Crippen LogP contribution in [-0.4, -0.2) is 48.4 Å². The lowest BCUT2D eigenvalue weighted by molar-refractivity contribution is -0.116. The lowest BCUT2D eigenvalue weighted by Gasteiger charge is -2.26. The van der Waals surface area contributed by atoms with Gasteiger partial charge < -0.3 is 19.7 Å². The summed E-state index contributed by atoms with van der Waals surface area (Å²) >= 11 is 3.04. The molecule has 0 saturated heterocycles. The number of amides is 2. The Morgan fingerprint density at radius 1 is 1.12 bits per heavy atom. The number of thiophene rings is 1. The minimum Gasteiger partial charge on any atom is -0.462 e. The van der Waals surface area contributed by atoms with Gasteiger partial charge in [0.2, 0.25) is 5.91 Å². The quantitative estimate of drug-likeness (QED) is 0.313. The molecule has 1 aromatic carbocycles. The van der Waals surface area contributed by atoms with E-state index in [1.807, 2.05) is 30.3 Å². The predicted octanol–water partition coefficient (Wildman–Crippen LogP) is 4.95. The number of rotatable bonds is 9. The van der Waals surface area contributed by atoms with Gasteiger partial charge in [0.15, 0.2) is 0 Å². The summed E-state index contributed by atoms with van der Waals surface area (Å²) in [5, 5.41) is 3.41. The van der Waals surface area contributed by atoms with E-state index < -0.39 is 5.97 Å². The second-order valence-corrected chi connectivity index (χ2v) is 9.39. The van der Waals surface area contributed by atoms with Crippen molar-refractivity contribution in [3.05, 3.63) is 46.3 Å². The summed E-state index contributed by atoms with van der Waals surface area (Å²) in [6, 6.07) is 10.1. The van der Waals surface area contributed by atoms with Gasteiger partial charge in [-0.15, -0.1) is 23.1 Å². The number of anilines is 1. The Kier molecular flexibility index (Phi) is 8.99. The summed E-state index contributed by atoms with van der Waals surface area (Å²) < 4.78 is 10.3. The number of thioether (sulfide) groups is 1. The Hall–Kier alpha value is -2.52. The fourth-order valence-corrected chi connectivity index (χ4v) is 5.55. The molecule has 0 bridgehead atoms. The number of fused-ring (bicyclic) bond motifs is 1. The summed E-state index contributed by atoms with van der Waals surface area (Å²) in [5.41, 5.74) is 1.27. The summed E-state index contributed by atoms with van der Waals surface area (Å²) in [6.45, 7) is 4.89. The van der Waals surface area contributed by atoms with Crippen LogP contribution in [0.5, 0.6) is 0 Å². The summed E-state index contributed by atoms with van der Waals surface area (Å²) in [5.74, 6) is 0.256. The lowest BCUT2D eigenvalue weighted by Crippen LogP contribution is -2.36. The van der Waals surface area contributed by atoms with E-state index in [0.717, 1.165) is 22.6 Å². The fraction of sp³-hybridized carbons (Fsp3) is 0.435. The second-order valence-electron chi connectivity index (χ2n) is 7.11. The number of hydrogen-bond donors (Lipinski definition) is 1. The molecule has 0 atom stereocenters. The monoisotopic (exact) mass is 476 g/mol. The molecule has 0 unspecified atom stereocenters. The zero-order chi connectivity index (χ0) is 22.9. The molecule has 1 aromatic heterocycles. The van der Waals surface area contributed by atoms with E-state index in [0.29, 0.717) is 43.1 Å². The first-order valence-electron chi connectivity index (χ1n) is 10.7. The van der Waals surface area contributed by atoms with Crippen molar-refractivity contribution in [1.29, 1.82) is 0 Å². The zero-order valence-electron chi connectivity index (χ0n) is 18.3. The van der Waals surface area contributed by atoms with Gasteiger partial charge in [-0.2, -0.15) is 0 Å². The standard InChI is InChI=1S/C23H28N2O5S2/c1-3-29-22(27)20-17-12-13-25(23(28)30-4-2)15-18(17)32-21(20)24-19(26)11-8-14-31-16-9-6-5-7-10-16/h5-7,9-10H,3-4,8,11-15H2,1-2H3,(H,24,26). The van der Waals surface area contributed by atoms with Gasteiger partial charge in [-0.3, -0.25) is 4.79 Å². The molecule has 3 rings (SSSR count). The van der Waals surface area contributed by atoms with Gasteiger partial charge in [0.05, 0.1) is 25.3 Å². The molecular formula is C23H28N2O5S2. The molecule has 32 heavy (non-hydrogen) atoms. The number of ether oxygens (including phenoxy) is 2. The van der Waals surface area contributed by atoms with Crippen LogP contribution >= 0.6 is 23.1 Å². The molecule has 7 nitrogen and oxygen atoms in total. The van der Waals surface area contributed by atoms with Gasteiger partial charge in [0, 0.05) is 22.7 Å². The van der Waals surface area contributed by atoms with E-state index in [2.05, 4.69) is 5.32 Å². The number of nitrogens with one attached hydrogen (secondary N) is 1. The van der Waals surface area contributed by atoms with Crippen LogP contribution in [0.1, 0.15) is 47.5 Å². The first-order chi connectivity index (χ1) is 15.5. The van der Waals surface area contributed by atoms with E-state index >= 15 is 0 Å². The molecule has 1 aliphatic heterocycles. The maximum atomic E-state index is 12.6. The van der Waals surface area contributed by atoms with E-state index in [4.69, 9.17) is 9.47 Å². The minimum absolute atomic E-state index is 0.134. The van der Waals surface area contributed by atoms with Crippen LogP contribution in [0.25, 0.3) is 0 Å². The van der Waals surface area contributed by atoms with Gasteiger partial charge in [0.1, 0.15) is 5.00 Å². The Bertz CT molecular complexity index is 945. The summed E-state index contributed by atoms with van der Waals surface area (Å²) in [7, 11) is 0. The molecule has 172 valence electrons. The molecule has 1 N–H and O–H groups in total. The van der Waals surface area contributed by atoms with Crippen LogP contribution in [0, 0.1) is 0 Å². The molecule has 0 radical (unpaired) electrons. The average Bonchev–Trinajstić information content (AvgIpc) is 3.14. The molecule has 1 aliphatic rings. The first-order valence-corrected chi connectivity index (χ1v) is 12.5. The van der Waals surface area contributed by atoms with Crippen molar-refractivity contribution < 1.29 is 23.9 Å². The minimum atomic E-state index is -0.440. The van der Waals surface area contributed by atoms with E-state index in [-0.39, 0.29) is 18.6 Å². The highest BCUT2D eigenvalue weighted by Gasteiger charge is 2.31. The number of esters is 1. The van der Waals surface area contributed by atoms with Crippen molar-refractivity contribution in [2.75, 3.05) is 30.8 Å². The highest BCUT2D eigenvalue weighted by molar-refractivity contribution is 7.99. The Balaban J connectivity index is 1.65. The maximum absolute atomic E-state index is 12.6. The van der Waals surface area contributed by atoms with E-state index in [1.165, 1.54) is 16.2 Å². The van der Waals surface area contributed by atoms with Crippen LogP contribution in [0.15, 0.2) is 35.2 Å². The normalized spacial score (nSPS) is 12.8. The second kappa shape index (κ2) is 11.9. The SMILES string of the molecule is CCOC(=O)c1c(NC(=O)CCCSc2ccccc2)sc2c1CCN(C(=O)OCC)C2. The zero-order valence-corrected chi connectivity index (χ0v) is 20.0. The van der Waals surface area contributed by atoms with Crippen molar-refractivity contribution in [2.45, 2.75) is 44.6 Å². The Morgan fingerprint density at radius 3 is 2.59 bits per heavy atom. The summed E-state index contributed by atoms with van der Waals surface area (Å²) in [6.07, 6.45) is 1.23. The molecule has 2 aromatic rings. The lowest BCUT2D eigenvalue weighted by atomic mass is 10.0. The topological polar surface area (TPSA) is 84.9 Å². The molecule has 2 heterocycles. The highest BCUT2D eigenvalue weighted by atomic mass is 32.2. The number of carbonyl (C=O) groups is 3. The molecule has 0 aliphatic carbocycles. The van der Waals surface area contributed by atoms with Crippen molar-refractivity contribution in [2.24, 2.45) is 0 Å². The largest absolute Gasteiger partial charge is 0.462 e. The third kappa shape index (κ3) is 6.26. The smallest absolute Gasteiger partial charge is 0.410 e. The van der Waals surface area contributed by atoms with Crippen LogP contribution in [0.2, 0.25) is 0 Å². The maximum Gasteiger partial charge on any atom is 0.410 e. The predicted molar refractivity (Wildman–Crippen MR) is 126 cm³/mol. The Morgan fingerprint density at radius 2 is 1.88 bits per heavy atom. The number of nitrogens with zero attached hydrogens (tertiary/aromatic N) is 1. The molecule has 9 heteroatoms. The van der Waals surface area contributed by atoms with Crippen LogP contribution in [0.4, 0.5) is 9.80 Å².